The highest BCUT2D eigenvalue weighted by Gasteiger charge is 2.29. The molecule has 1 aliphatic carbocycles. The van der Waals surface area contributed by atoms with Crippen LogP contribution in [-0.4, -0.2) is 20.4 Å². The molecule has 1 saturated carbocycles. The van der Waals surface area contributed by atoms with Crippen LogP contribution in [0.25, 0.3) is 0 Å². The Morgan fingerprint density at radius 1 is 1.03 bits per heavy atom. The maximum atomic E-state index is 13.1. The highest BCUT2D eigenvalue weighted by Crippen LogP contribution is 2.27. The number of hydrogen-bond donors (Lipinski definition) is 2. The average Bonchev–Trinajstić information content (AvgIpc) is 2.74. The summed E-state index contributed by atoms with van der Waals surface area (Å²) < 4.78 is 41.1. The fraction of sp³-hybridized carbons (Fsp3) is 0.435. The first-order valence-electron chi connectivity index (χ1n) is 10.5. The van der Waals surface area contributed by atoms with Crippen molar-refractivity contribution in [3.8, 4) is 0 Å². The van der Waals surface area contributed by atoms with Crippen molar-refractivity contribution in [2.45, 2.75) is 62.9 Å². The third kappa shape index (κ3) is 5.67. The minimum Gasteiger partial charge on any atom is -0.349 e. The molecule has 7 heteroatoms. The van der Waals surface area contributed by atoms with Gasteiger partial charge in [0.2, 0.25) is 15.9 Å². The van der Waals surface area contributed by atoms with Crippen molar-refractivity contribution in [3.05, 3.63) is 65.5 Å². The summed E-state index contributed by atoms with van der Waals surface area (Å²) in [4.78, 5) is 12.9. The van der Waals surface area contributed by atoms with Crippen LogP contribution in [0.15, 0.2) is 53.4 Å². The van der Waals surface area contributed by atoms with Crippen LogP contribution in [0.4, 0.5) is 4.39 Å². The molecule has 2 aromatic rings. The molecule has 30 heavy (non-hydrogen) atoms. The topological polar surface area (TPSA) is 75.3 Å². The highest BCUT2D eigenvalue weighted by molar-refractivity contribution is 7.89. The van der Waals surface area contributed by atoms with Gasteiger partial charge in [0.05, 0.1) is 10.9 Å². The Morgan fingerprint density at radius 3 is 2.20 bits per heavy atom. The Balaban J connectivity index is 1.51. The Labute approximate surface area is 178 Å². The molecule has 2 aromatic carbocycles. The van der Waals surface area contributed by atoms with Gasteiger partial charge in [-0.3, -0.25) is 4.79 Å². The van der Waals surface area contributed by atoms with Crippen LogP contribution in [0.5, 0.6) is 0 Å². The number of benzene rings is 2. The minimum absolute atomic E-state index is 0.0386. The predicted octanol–water partition coefficient (Wildman–Crippen LogP) is 4.10. The summed E-state index contributed by atoms with van der Waals surface area (Å²) in [6, 6.07) is 12.7. The number of amides is 1. The zero-order valence-electron chi connectivity index (χ0n) is 17.4. The number of sulfonamides is 1. The first-order valence-corrected chi connectivity index (χ1v) is 11.9. The maximum absolute atomic E-state index is 13.1. The molecule has 1 aliphatic rings. The van der Waals surface area contributed by atoms with Gasteiger partial charge in [0.15, 0.2) is 0 Å². The SMILES string of the molecule is CCc1ccc(S(=O)(=O)N[C@H]2CC[C@H](C(=O)N[C@H](C)c3ccc(F)cc3)CC2)cc1. The lowest BCUT2D eigenvalue weighted by Gasteiger charge is -2.29. The van der Waals surface area contributed by atoms with Crippen LogP contribution < -0.4 is 10.0 Å². The number of hydrogen-bond acceptors (Lipinski definition) is 3. The standard InChI is InChI=1S/C23H29FN2O3S/c1-3-17-4-14-22(15-5-17)30(28,29)26-21-12-8-19(9-13-21)23(27)25-16(2)18-6-10-20(24)11-7-18/h4-7,10-11,14-16,19,21,26H,3,8-9,12-13H2,1-2H3,(H,25,27)/t16-,19-,21-/m1/s1. The lowest BCUT2D eigenvalue weighted by Crippen LogP contribution is -2.41. The molecule has 0 bridgehead atoms. The van der Waals surface area contributed by atoms with Crippen molar-refractivity contribution >= 4 is 15.9 Å². The Hall–Kier alpha value is -2.25. The number of aryl methyl sites for hydroxylation is 1. The van der Waals surface area contributed by atoms with E-state index in [0.29, 0.717) is 25.7 Å². The zero-order chi connectivity index (χ0) is 21.7. The van der Waals surface area contributed by atoms with Gasteiger partial charge < -0.3 is 5.32 Å². The summed E-state index contributed by atoms with van der Waals surface area (Å²) in [6.45, 7) is 3.89. The van der Waals surface area contributed by atoms with Crippen LogP contribution in [0.1, 0.15) is 56.7 Å². The molecule has 162 valence electrons. The minimum atomic E-state index is -3.56. The van der Waals surface area contributed by atoms with Gasteiger partial charge in [-0.2, -0.15) is 0 Å². The Bertz CT molecular complexity index is 951. The molecule has 0 radical (unpaired) electrons. The molecule has 0 saturated heterocycles. The van der Waals surface area contributed by atoms with E-state index in [2.05, 4.69) is 10.0 Å². The number of carbonyl (C=O) groups excluding carboxylic acids is 1. The summed E-state index contributed by atoms with van der Waals surface area (Å²) >= 11 is 0. The second-order valence-corrected chi connectivity index (χ2v) is 9.66. The van der Waals surface area contributed by atoms with Gasteiger partial charge in [0.25, 0.3) is 0 Å². The first-order chi connectivity index (χ1) is 14.3. The zero-order valence-corrected chi connectivity index (χ0v) is 18.2. The Morgan fingerprint density at radius 2 is 1.63 bits per heavy atom. The summed E-state index contributed by atoms with van der Waals surface area (Å²) in [7, 11) is -3.56. The van der Waals surface area contributed by atoms with Gasteiger partial charge in [0, 0.05) is 12.0 Å². The lowest BCUT2D eigenvalue weighted by atomic mass is 9.85. The van der Waals surface area contributed by atoms with E-state index in [1.54, 1.807) is 24.3 Å². The molecular weight excluding hydrogens is 403 g/mol. The molecule has 2 N–H and O–H groups in total. The number of carbonyl (C=O) groups is 1. The number of rotatable bonds is 7. The molecule has 1 atom stereocenters. The number of nitrogens with one attached hydrogen (secondary N) is 2. The van der Waals surface area contributed by atoms with E-state index in [1.807, 2.05) is 26.0 Å². The smallest absolute Gasteiger partial charge is 0.240 e. The van der Waals surface area contributed by atoms with Crippen LogP contribution >= 0.6 is 0 Å². The molecule has 0 heterocycles. The fourth-order valence-electron chi connectivity index (χ4n) is 3.83. The third-order valence-electron chi connectivity index (χ3n) is 5.79. The monoisotopic (exact) mass is 432 g/mol. The van der Waals surface area contributed by atoms with E-state index in [0.717, 1.165) is 17.5 Å². The largest absolute Gasteiger partial charge is 0.349 e. The van der Waals surface area contributed by atoms with Crippen molar-refractivity contribution in [2.75, 3.05) is 0 Å². The van der Waals surface area contributed by atoms with Gasteiger partial charge >= 0.3 is 0 Å². The first kappa shape index (κ1) is 22.4. The molecular formula is C23H29FN2O3S. The van der Waals surface area contributed by atoms with Crippen LogP contribution in [-0.2, 0) is 21.2 Å². The second kappa shape index (κ2) is 9.71. The van der Waals surface area contributed by atoms with E-state index in [9.17, 15) is 17.6 Å². The van der Waals surface area contributed by atoms with Crippen molar-refractivity contribution in [1.82, 2.24) is 10.0 Å². The molecule has 3 rings (SSSR count). The van der Waals surface area contributed by atoms with Crippen LogP contribution in [0.3, 0.4) is 0 Å². The second-order valence-electron chi connectivity index (χ2n) is 7.95. The van der Waals surface area contributed by atoms with Gasteiger partial charge in [-0.25, -0.2) is 17.5 Å². The fourth-order valence-corrected chi connectivity index (χ4v) is 5.14. The molecule has 1 fully saturated rings. The van der Waals surface area contributed by atoms with E-state index in [-0.39, 0.29) is 34.6 Å². The Kier molecular flexibility index (Phi) is 7.26. The number of halogens is 1. The molecule has 0 aliphatic heterocycles. The average molecular weight is 433 g/mol. The third-order valence-corrected chi connectivity index (χ3v) is 7.33. The highest BCUT2D eigenvalue weighted by atomic mass is 32.2. The van der Waals surface area contributed by atoms with E-state index >= 15 is 0 Å². The molecule has 1 amide bonds. The quantitative estimate of drug-likeness (QED) is 0.692. The summed E-state index contributed by atoms with van der Waals surface area (Å²) in [5, 5.41) is 2.99. The van der Waals surface area contributed by atoms with Gasteiger partial charge in [-0.1, -0.05) is 31.2 Å². The summed E-state index contributed by atoms with van der Waals surface area (Å²) in [5.41, 5.74) is 1.94. The van der Waals surface area contributed by atoms with E-state index in [4.69, 9.17) is 0 Å². The van der Waals surface area contributed by atoms with Crippen molar-refractivity contribution in [2.24, 2.45) is 5.92 Å². The van der Waals surface area contributed by atoms with Crippen molar-refractivity contribution in [1.29, 1.82) is 0 Å². The molecule has 0 unspecified atom stereocenters. The van der Waals surface area contributed by atoms with Crippen molar-refractivity contribution in [3.63, 3.8) is 0 Å². The van der Waals surface area contributed by atoms with Crippen molar-refractivity contribution < 1.29 is 17.6 Å². The molecule has 0 spiro atoms. The lowest BCUT2D eigenvalue weighted by molar-refractivity contribution is -0.126. The van der Waals surface area contributed by atoms with E-state index in [1.165, 1.54) is 12.1 Å². The maximum Gasteiger partial charge on any atom is 0.240 e. The molecule has 0 aromatic heterocycles. The predicted molar refractivity (Wildman–Crippen MR) is 115 cm³/mol. The van der Waals surface area contributed by atoms with Crippen LogP contribution in [0, 0.1) is 11.7 Å². The van der Waals surface area contributed by atoms with Crippen LogP contribution in [0.2, 0.25) is 0 Å². The van der Waals surface area contributed by atoms with Gasteiger partial charge in [-0.15, -0.1) is 0 Å². The summed E-state index contributed by atoms with van der Waals surface area (Å²) in [6.07, 6.45) is 3.36. The van der Waals surface area contributed by atoms with Gasteiger partial charge in [-0.05, 0) is 74.4 Å². The van der Waals surface area contributed by atoms with Gasteiger partial charge in [0.1, 0.15) is 5.82 Å². The summed E-state index contributed by atoms with van der Waals surface area (Å²) in [5.74, 6) is -0.486. The molecule has 5 nitrogen and oxygen atoms in total. The normalized spacial score (nSPS) is 20.5. The van der Waals surface area contributed by atoms with E-state index < -0.39 is 10.0 Å².